The van der Waals surface area contributed by atoms with E-state index in [1.165, 1.54) is 6.42 Å². The Hall–Kier alpha value is -0.650. The van der Waals surface area contributed by atoms with E-state index in [1.807, 2.05) is 18.2 Å². The minimum absolute atomic E-state index is 0.424. The molecule has 0 aliphatic rings. The molecule has 5 heteroatoms. The van der Waals surface area contributed by atoms with Crippen LogP contribution < -0.4 is 11.1 Å². The zero-order valence-electron chi connectivity index (χ0n) is 10.9. The Morgan fingerprint density at radius 1 is 1.39 bits per heavy atom. The predicted octanol–water partition coefficient (Wildman–Crippen LogP) is 2.84. The van der Waals surface area contributed by atoms with Crippen LogP contribution in [0.3, 0.4) is 0 Å². The molecule has 100 valence electrons. The molecule has 0 fully saturated rings. The van der Waals surface area contributed by atoms with Gasteiger partial charge in [-0.15, -0.1) is 0 Å². The van der Waals surface area contributed by atoms with Gasteiger partial charge >= 0.3 is 0 Å². The highest BCUT2D eigenvalue weighted by atomic mass is 79.9. The zero-order chi connectivity index (χ0) is 13.5. The van der Waals surface area contributed by atoms with Crippen molar-refractivity contribution in [3.8, 4) is 0 Å². The first-order valence-electron chi connectivity index (χ1n) is 5.98. The lowest BCUT2D eigenvalue weighted by Crippen LogP contribution is -2.14. The zero-order valence-corrected chi connectivity index (χ0v) is 13.3. The molecule has 3 nitrogen and oxygen atoms in total. The second-order valence-electron chi connectivity index (χ2n) is 4.50. The van der Waals surface area contributed by atoms with Crippen molar-refractivity contribution < 1.29 is 0 Å². The molecule has 18 heavy (non-hydrogen) atoms. The first kappa shape index (κ1) is 15.4. The van der Waals surface area contributed by atoms with E-state index in [-0.39, 0.29) is 0 Å². The minimum atomic E-state index is 0.424. The van der Waals surface area contributed by atoms with Crippen LogP contribution >= 0.6 is 28.1 Å². The van der Waals surface area contributed by atoms with E-state index >= 15 is 0 Å². The van der Waals surface area contributed by atoms with Crippen LogP contribution in [0.1, 0.15) is 18.4 Å². The average Bonchev–Trinajstić information content (AvgIpc) is 2.29. The van der Waals surface area contributed by atoms with Crippen molar-refractivity contribution in [3.05, 3.63) is 28.2 Å². The van der Waals surface area contributed by atoms with E-state index in [0.29, 0.717) is 4.99 Å². The standard InChI is InChI=1S/C13H20BrN3S/c1-17(2)8-4-3-7-16-12-6-5-10(13(15)18)9-11(12)14/h5-6,9,16H,3-4,7-8H2,1-2H3,(H2,15,18). The quantitative estimate of drug-likeness (QED) is 0.596. The summed E-state index contributed by atoms with van der Waals surface area (Å²) in [5, 5.41) is 3.40. The maximum absolute atomic E-state index is 5.59. The number of nitrogens with zero attached hydrogens (tertiary/aromatic N) is 1. The first-order valence-corrected chi connectivity index (χ1v) is 7.19. The molecule has 0 spiro atoms. The highest BCUT2D eigenvalue weighted by Crippen LogP contribution is 2.23. The minimum Gasteiger partial charge on any atom is -0.389 e. The number of anilines is 1. The number of halogens is 1. The molecule has 1 aromatic rings. The molecule has 0 unspecified atom stereocenters. The van der Waals surface area contributed by atoms with E-state index in [0.717, 1.165) is 35.2 Å². The Kier molecular flexibility index (Phi) is 6.60. The molecule has 0 saturated carbocycles. The van der Waals surface area contributed by atoms with Gasteiger partial charge in [0.25, 0.3) is 0 Å². The fourth-order valence-corrected chi connectivity index (χ4v) is 2.23. The van der Waals surface area contributed by atoms with Crippen LogP contribution in [0.25, 0.3) is 0 Å². The molecule has 0 radical (unpaired) electrons. The van der Waals surface area contributed by atoms with Gasteiger partial charge in [0.1, 0.15) is 4.99 Å². The van der Waals surface area contributed by atoms with Gasteiger partial charge in [0.15, 0.2) is 0 Å². The van der Waals surface area contributed by atoms with Crippen molar-refractivity contribution in [2.75, 3.05) is 32.5 Å². The SMILES string of the molecule is CN(C)CCCCNc1ccc(C(N)=S)cc1Br. The number of nitrogens with one attached hydrogen (secondary N) is 1. The second kappa shape index (κ2) is 7.71. The van der Waals surface area contributed by atoms with Crippen molar-refractivity contribution in [2.45, 2.75) is 12.8 Å². The van der Waals surface area contributed by atoms with Crippen LogP contribution in [0.2, 0.25) is 0 Å². The molecule has 0 bridgehead atoms. The van der Waals surface area contributed by atoms with E-state index < -0.39 is 0 Å². The van der Waals surface area contributed by atoms with Crippen LogP contribution in [0, 0.1) is 0 Å². The summed E-state index contributed by atoms with van der Waals surface area (Å²) in [5.74, 6) is 0. The molecule has 0 aliphatic heterocycles. The summed E-state index contributed by atoms with van der Waals surface area (Å²) in [6, 6.07) is 5.89. The second-order valence-corrected chi connectivity index (χ2v) is 5.79. The highest BCUT2D eigenvalue weighted by Gasteiger charge is 2.02. The Bertz CT molecular complexity index is 407. The van der Waals surface area contributed by atoms with E-state index in [2.05, 4.69) is 40.2 Å². The van der Waals surface area contributed by atoms with Gasteiger partial charge in [-0.05, 0) is 67.6 Å². The topological polar surface area (TPSA) is 41.3 Å². The number of benzene rings is 1. The number of hydrogen-bond donors (Lipinski definition) is 2. The van der Waals surface area contributed by atoms with Crippen molar-refractivity contribution in [1.82, 2.24) is 4.90 Å². The van der Waals surface area contributed by atoms with Gasteiger partial charge in [-0.2, -0.15) is 0 Å². The third-order valence-electron chi connectivity index (χ3n) is 2.60. The molecule has 0 aliphatic carbocycles. The Labute approximate surface area is 123 Å². The summed E-state index contributed by atoms with van der Waals surface area (Å²) < 4.78 is 1.00. The largest absolute Gasteiger partial charge is 0.389 e. The van der Waals surface area contributed by atoms with Crippen molar-refractivity contribution >= 4 is 38.8 Å². The Balaban J connectivity index is 2.41. The summed E-state index contributed by atoms with van der Waals surface area (Å²) >= 11 is 8.47. The summed E-state index contributed by atoms with van der Waals surface area (Å²) in [6.07, 6.45) is 2.35. The fraction of sp³-hybridized carbons (Fsp3) is 0.462. The van der Waals surface area contributed by atoms with Gasteiger partial charge < -0.3 is 16.0 Å². The van der Waals surface area contributed by atoms with Gasteiger partial charge in [0, 0.05) is 22.3 Å². The van der Waals surface area contributed by atoms with Crippen LogP contribution in [0.5, 0.6) is 0 Å². The van der Waals surface area contributed by atoms with Crippen molar-refractivity contribution in [3.63, 3.8) is 0 Å². The van der Waals surface area contributed by atoms with Crippen LogP contribution in [-0.2, 0) is 0 Å². The van der Waals surface area contributed by atoms with Gasteiger partial charge in [0.05, 0.1) is 0 Å². The number of thiocarbonyl (C=S) groups is 1. The summed E-state index contributed by atoms with van der Waals surface area (Å²) in [6.45, 7) is 2.10. The number of unbranched alkanes of at least 4 members (excludes halogenated alkanes) is 1. The first-order chi connectivity index (χ1) is 8.50. The van der Waals surface area contributed by atoms with E-state index in [1.54, 1.807) is 0 Å². The smallest absolute Gasteiger partial charge is 0.104 e. The van der Waals surface area contributed by atoms with Crippen LogP contribution in [0.4, 0.5) is 5.69 Å². The third kappa shape index (κ3) is 5.33. The summed E-state index contributed by atoms with van der Waals surface area (Å²) in [5.41, 5.74) is 7.55. The normalized spacial score (nSPS) is 10.7. The molecule has 0 atom stereocenters. The van der Waals surface area contributed by atoms with Gasteiger partial charge in [-0.25, -0.2) is 0 Å². The average molecular weight is 330 g/mol. The molecule has 0 saturated heterocycles. The maximum atomic E-state index is 5.59. The van der Waals surface area contributed by atoms with Crippen LogP contribution in [0.15, 0.2) is 22.7 Å². The Morgan fingerprint density at radius 3 is 2.67 bits per heavy atom. The molecule has 0 aromatic heterocycles. The molecule has 1 aromatic carbocycles. The lowest BCUT2D eigenvalue weighted by Gasteiger charge is -2.11. The fourth-order valence-electron chi connectivity index (χ4n) is 1.59. The van der Waals surface area contributed by atoms with Gasteiger partial charge in [-0.3, -0.25) is 0 Å². The molecular formula is C13H20BrN3S. The van der Waals surface area contributed by atoms with Crippen molar-refractivity contribution in [1.29, 1.82) is 0 Å². The number of rotatable bonds is 7. The maximum Gasteiger partial charge on any atom is 0.104 e. The number of nitrogens with two attached hydrogens (primary N) is 1. The highest BCUT2D eigenvalue weighted by molar-refractivity contribution is 9.10. The molecule has 1 rings (SSSR count). The lowest BCUT2D eigenvalue weighted by atomic mass is 10.2. The third-order valence-corrected chi connectivity index (χ3v) is 3.49. The van der Waals surface area contributed by atoms with Gasteiger partial charge in [0.2, 0.25) is 0 Å². The summed E-state index contributed by atoms with van der Waals surface area (Å²) in [7, 11) is 4.19. The molecule has 0 heterocycles. The monoisotopic (exact) mass is 329 g/mol. The lowest BCUT2D eigenvalue weighted by molar-refractivity contribution is 0.396. The summed E-state index contributed by atoms with van der Waals surface area (Å²) in [4.78, 5) is 2.63. The number of hydrogen-bond acceptors (Lipinski definition) is 3. The van der Waals surface area contributed by atoms with Crippen molar-refractivity contribution in [2.24, 2.45) is 5.73 Å². The predicted molar refractivity (Wildman–Crippen MR) is 86.3 cm³/mol. The van der Waals surface area contributed by atoms with Gasteiger partial charge in [-0.1, -0.05) is 12.2 Å². The molecule has 3 N–H and O–H groups in total. The van der Waals surface area contributed by atoms with E-state index in [9.17, 15) is 0 Å². The Morgan fingerprint density at radius 2 is 2.11 bits per heavy atom. The molecule has 0 amide bonds. The van der Waals surface area contributed by atoms with Crippen LogP contribution in [-0.4, -0.2) is 37.1 Å². The van der Waals surface area contributed by atoms with E-state index in [4.69, 9.17) is 18.0 Å². The molecular weight excluding hydrogens is 310 g/mol.